The Bertz CT molecular complexity index is 1370. The molecule has 0 bridgehead atoms. The number of phenolic OH excluding ortho intramolecular Hbond substituents is 1. The van der Waals surface area contributed by atoms with Gasteiger partial charge in [0.25, 0.3) is 0 Å². The average molecular weight is 438 g/mol. The molecule has 0 atom stereocenters. The normalized spacial score (nSPS) is 11.5. The van der Waals surface area contributed by atoms with Crippen molar-refractivity contribution in [2.24, 2.45) is 0 Å². The molecule has 0 saturated carbocycles. The molecule has 0 amide bonds. The topological polar surface area (TPSA) is 77.1 Å². The van der Waals surface area contributed by atoms with Gasteiger partial charge in [0, 0.05) is 18.1 Å². The molecule has 6 heteroatoms. The van der Waals surface area contributed by atoms with E-state index < -0.39 is 0 Å². The van der Waals surface area contributed by atoms with Crippen molar-refractivity contribution in [3.8, 4) is 28.3 Å². The summed E-state index contributed by atoms with van der Waals surface area (Å²) in [6.45, 7) is 1.85. The standard InChI is InChI=1S/C27H27N5O/c1-32(2)15-5-14-28-26-21-16-19(18-8-11-20(33)12-9-18)10-13-23(21)29-17-22(26)27-30-24-6-3-4-7-25(24)31-27/h3-4,6-13,16-17,33H,5,14-15H2,1-2H3,(H,28,29)(H,30,31). The molecule has 0 aliphatic carbocycles. The second-order valence-electron chi connectivity index (χ2n) is 8.51. The maximum atomic E-state index is 9.67. The Balaban J connectivity index is 1.62. The minimum absolute atomic E-state index is 0.261. The predicted octanol–water partition coefficient (Wildman–Crippen LogP) is 5.51. The molecule has 0 fully saturated rings. The molecule has 3 N–H and O–H groups in total. The lowest BCUT2D eigenvalue weighted by atomic mass is 10.0. The van der Waals surface area contributed by atoms with Gasteiger partial charge in [0.15, 0.2) is 0 Å². The van der Waals surface area contributed by atoms with Crippen LogP contribution in [0.4, 0.5) is 5.69 Å². The van der Waals surface area contributed by atoms with Crippen LogP contribution in [0.3, 0.4) is 0 Å². The predicted molar refractivity (Wildman–Crippen MR) is 136 cm³/mol. The van der Waals surface area contributed by atoms with Crippen LogP contribution in [0.15, 0.2) is 72.9 Å². The number of aromatic nitrogens is 3. The van der Waals surface area contributed by atoms with Crippen LogP contribution in [0.5, 0.6) is 5.75 Å². The van der Waals surface area contributed by atoms with Crippen molar-refractivity contribution in [3.63, 3.8) is 0 Å². The lowest BCUT2D eigenvalue weighted by molar-refractivity contribution is 0.405. The molecule has 0 radical (unpaired) electrons. The van der Waals surface area contributed by atoms with Crippen LogP contribution < -0.4 is 5.32 Å². The molecule has 5 aromatic rings. The number of para-hydroxylation sites is 2. The summed E-state index contributed by atoms with van der Waals surface area (Å²) < 4.78 is 0. The number of benzene rings is 3. The summed E-state index contributed by atoms with van der Waals surface area (Å²) in [5.74, 6) is 1.06. The van der Waals surface area contributed by atoms with E-state index in [1.165, 1.54) is 0 Å². The number of hydrogen-bond acceptors (Lipinski definition) is 5. The van der Waals surface area contributed by atoms with Crippen molar-refractivity contribution in [1.29, 1.82) is 0 Å². The smallest absolute Gasteiger partial charge is 0.142 e. The molecule has 0 spiro atoms. The van der Waals surface area contributed by atoms with Crippen molar-refractivity contribution < 1.29 is 5.11 Å². The molecule has 166 valence electrons. The molecule has 6 nitrogen and oxygen atoms in total. The van der Waals surface area contributed by atoms with E-state index in [2.05, 4.69) is 41.4 Å². The molecular formula is C27H27N5O. The zero-order chi connectivity index (χ0) is 22.8. The number of aromatic amines is 1. The quantitative estimate of drug-likeness (QED) is 0.293. The summed E-state index contributed by atoms with van der Waals surface area (Å²) in [5.41, 5.74) is 6.95. The Morgan fingerprint density at radius 2 is 1.73 bits per heavy atom. The molecule has 0 unspecified atom stereocenters. The zero-order valence-corrected chi connectivity index (χ0v) is 18.8. The van der Waals surface area contributed by atoms with E-state index in [0.717, 1.165) is 69.6 Å². The minimum Gasteiger partial charge on any atom is -0.508 e. The molecule has 2 heterocycles. The van der Waals surface area contributed by atoms with Crippen LogP contribution in [0.2, 0.25) is 0 Å². The highest BCUT2D eigenvalue weighted by Crippen LogP contribution is 2.35. The summed E-state index contributed by atoms with van der Waals surface area (Å²) in [6.07, 6.45) is 2.92. The minimum atomic E-state index is 0.261. The summed E-state index contributed by atoms with van der Waals surface area (Å²) in [7, 11) is 4.18. The maximum absolute atomic E-state index is 9.67. The monoisotopic (exact) mass is 437 g/mol. The molecule has 3 aromatic carbocycles. The summed E-state index contributed by atoms with van der Waals surface area (Å²) in [6, 6.07) is 21.6. The molecule has 5 rings (SSSR count). The number of imidazole rings is 1. The molecule has 0 saturated heterocycles. The highest BCUT2D eigenvalue weighted by atomic mass is 16.3. The lowest BCUT2D eigenvalue weighted by Crippen LogP contribution is -2.16. The van der Waals surface area contributed by atoms with Crippen molar-refractivity contribution in [2.45, 2.75) is 6.42 Å². The van der Waals surface area contributed by atoms with E-state index in [0.29, 0.717) is 0 Å². The van der Waals surface area contributed by atoms with E-state index in [1.807, 2.05) is 48.7 Å². The Morgan fingerprint density at radius 3 is 2.52 bits per heavy atom. The Hall–Kier alpha value is -3.90. The number of hydrogen-bond donors (Lipinski definition) is 3. The largest absolute Gasteiger partial charge is 0.508 e. The number of fused-ring (bicyclic) bond motifs is 2. The summed E-state index contributed by atoms with van der Waals surface area (Å²) >= 11 is 0. The fourth-order valence-electron chi connectivity index (χ4n) is 4.09. The van der Waals surface area contributed by atoms with Crippen LogP contribution in [0, 0.1) is 0 Å². The number of aromatic hydroxyl groups is 1. The third-order valence-electron chi connectivity index (χ3n) is 5.80. The second-order valence-corrected chi connectivity index (χ2v) is 8.51. The van der Waals surface area contributed by atoms with E-state index in [1.54, 1.807) is 12.1 Å². The first-order valence-electron chi connectivity index (χ1n) is 11.1. The number of nitrogens with one attached hydrogen (secondary N) is 2. The summed E-state index contributed by atoms with van der Waals surface area (Å²) in [5, 5.41) is 14.4. The number of rotatable bonds is 7. The highest BCUT2D eigenvalue weighted by Gasteiger charge is 2.15. The first-order valence-corrected chi connectivity index (χ1v) is 11.1. The fraction of sp³-hybridized carbons (Fsp3) is 0.185. The Kier molecular flexibility index (Phi) is 5.67. The van der Waals surface area contributed by atoms with Crippen molar-refractivity contribution in [2.75, 3.05) is 32.5 Å². The first-order chi connectivity index (χ1) is 16.1. The van der Waals surface area contributed by atoms with Gasteiger partial charge in [-0.3, -0.25) is 4.98 Å². The van der Waals surface area contributed by atoms with Crippen molar-refractivity contribution in [1.82, 2.24) is 19.9 Å². The number of nitrogens with zero attached hydrogens (tertiary/aromatic N) is 3. The van der Waals surface area contributed by atoms with Gasteiger partial charge in [-0.15, -0.1) is 0 Å². The first kappa shape index (κ1) is 21.0. The van der Waals surface area contributed by atoms with Gasteiger partial charge in [0.2, 0.25) is 0 Å². The van der Waals surface area contributed by atoms with Crippen LogP contribution in [-0.2, 0) is 0 Å². The Labute approximate surface area is 192 Å². The van der Waals surface area contributed by atoms with E-state index >= 15 is 0 Å². The number of H-pyrrole nitrogens is 1. The number of anilines is 1. The van der Waals surface area contributed by atoms with Gasteiger partial charge in [-0.2, -0.15) is 0 Å². The SMILES string of the molecule is CN(C)CCCNc1c(-c2nc3ccccc3[nH]2)cnc2ccc(-c3ccc(O)cc3)cc12. The van der Waals surface area contributed by atoms with Crippen molar-refractivity contribution in [3.05, 3.63) is 72.9 Å². The van der Waals surface area contributed by atoms with E-state index in [9.17, 15) is 5.11 Å². The molecule has 2 aromatic heterocycles. The fourth-order valence-corrected chi connectivity index (χ4v) is 4.09. The molecule has 33 heavy (non-hydrogen) atoms. The van der Waals surface area contributed by atoms with E-state index in [-0.39, 0.29) is 5.75 Å². The number of pyridine rings is 1. The van der Waals surface area contributed by atoms with Crippen LogP contribution in [0.1, 0.15) is 6.42 Å². The third-order valence-corrected chi connectivity index (χ3v) is 5.80. The highest BCUT2D eigenvalue weighted by molar-refractivity contribution is 6.01. The zero-order valence-electron chi connectivity index (χ0n) is 18.8. The molecular weight excluding hydrogens is 410 g/mol. The van der Waals surface area contributed by atoms with E-state index in [4.69, 9.17) is 9.97 Å². The van der Waals surface area contributed by atoms with Crippen LogP contribution in [0.25, 0.3) is 44.5 Å². The average Bonchev–Trinajstić information content (AvgIpc) is 3.26. The van der Waals surface area contributed by atoms with Gasteiger partial charge in [0.05, 0.1) is 27.8 Å². The molecule has 0 aliphatic rings. The van der Waals surface area contributed by atoms with Crippen molar-refractivity contribution >= 4 is 27.6 Å². The Morgan fingerprint density at radius 1 is 0.939 bits per heavy atom. The van der Waals surface area contributed by atoms with Gasteiger partial charge in [-0.25, -0.2) is 4.98 Å². The van der Waals surface area contributed by atoms with Gasteiger partial charge in [0.1, 0.15) is 11.6 Å². The van der Waals surface area contributed by atoms with Gasteiger partial charge < -0.3 is 20.3 Å². The third kappa shape index (κ3) is 4.38. The molecule has 0 aliphatic heterocycles. The van der Waals surface area contributed by atoms with Gasteiger partial charge >= 0.3 is 0 Å². The summed E-state index contributed by atoms with van der Waals surface area (Å²) in [4.78, 5) is 15.2. The van der Waals surface area contributed by atoms with Gasteiger partial charge in [-0.05, 0) is 74.6 Å². The number of phenols is 1. The maximum Gasteiger partial charge on any atom is 0.142 e. The van der Waals surface area contributed by atoms with Gasteiger partial charge in [-0.1, -0.05) is 30.3 Å². The van der Waals surface area contributed by atoms with Crippen LogP contribution in [-0.4, -0.2) is 52.1 Å². The lowest BCUT2D eigenvalue weighted by Gasteiger charge is -2.16. The van der Waals surface area contributed by atoms with Crippen LogP contribution >= 0.6 is 0 Å². The second kappa shape index (κ2) is 8.92.